The number of carboxylic acid groups (broad SMARTS) is 1. The minimum Gasteiger partial charge on any atom is -0.480 e. The van der Waals surface area contributed by atoms with Crippen LogP contribution in [0.5, 0.6) is 0 Å². The molecule has 180 valence electrons. The van der Waals surface area contributed by atoms with E-state index in [9.17, 15) is 19.5 Å². The van der Waals surface area contributed by atoms with Crippen LogP contribution in [0.4, 0.5) is 10.5 Å². The van der Waals surface area contributed by atoms with Crippen molar-refractivity contribution in [2.24, 2.45) is 5.92 Å². The molecule has 1 heterocycles. The van der Waals surface area contributed by atoms with Gasteiger partial charge in [-0.1, -0.05) is 62.4 Å². The van der Waals surface area contributed by atoms with Crippen LogP contribution in [0.2, 0.25) is 0 Å². The Kier molecular flexibility index (Phi) is 7.10. The lowest BCUT2D eigenvalue weighted by atomic mass is 9.98. The van der Waals surface area contributed by atoms with Crippen molar-refractivity contribution < 1.29 is 24.2 Å². The Hall–Kier alpha value is -4.20. The van der Waals surface area contributed by atoms with Gasteiger partial charge in [0.25, 0.3) is 5.91 Å². The van der Waals surface area contributed by atoms with Crippen LogP contribution in [0.1, 0.15) is 47.8 Å². The van der Waals surface area contributed by atoms with E-state index in [4.69, 9.17) is 4.74 Å². The van der Waals surface area contributed by atoms with Crippen LogP contribution in [0.15, 0.2) is 66.9 Å². The van der Waals surface area contributed by atoms with Crippen molar-refractivity contribution in [2.45, 2.75) is 32.2 Å². The summed E-state index contributed by atoms with van der Waals surface area (Å²) < 4.78 is 5.55. The SMILES string of the molecule is CC(C)C[C@H](NC(=O)c1ncccc1NC(=O)OCC1c2ccccc2-c2ccccc21)C(=O)O. The third-order valence-corrected chi connectivity index (χ3v) is 5.91. The Morgan fingerprint density at radius 3 is 2.20 bits per heavy atom. The van der Waals surface area contributed by atoms with Crippen molar-refractivity contribution in [3.63, 3.8) is 0 Å². The first-order valence-corrected chi connectivity index (χ1v) is 11.5. The van der Waals surface area contributed by atoms with Gasteiger partial charge in [-0.3, -0.25) is 10.1 Å². The highest BCUT2D eigenvalue weighted by Crippen LogP contribution is 2.44. The van der Waals surface area contributed by atoms with Gasteiger partial charge in [-0.15, -0.1) is 0 Å². The largest absolute Gasteiger partial charge is 0.480 e. The number of aliphatic carboxylic acids is 1. The Balaban J connectivity index is 1.44. The number of aromatic nitrogens is 1. The third kappa shape index (κ3) is 5.32. The van der Waals surface area contributed by atoms with E-state index >= 15 is 0 Å². The zero-order chi connectivity index (χ0) is 24.9. The summed E-state index contributed by atoms with van der Waals surface area (Å²) in [5, 5.41) is 14.5. The van der Waals surface area contributed by atoms with E-state index in [1.54, 1.807) is 6.07 Å². The first-order valence-electron chi connectivity index (χ1n) is 11.5. The highest BCUT2D eigenvalue weighted by molar-refractivity contribution is 6.02. The van der Waals surface area contributed by atoms with Crippen LogP contribution < -0.4 is 10.6 Å². The summed E-state index contributed by atoms with van der Waals surface area (Å²) in [5.41, 5.74) is 4.47. The van der Waals surface area contributed by atoms with Gasteiger partial charge >= 0.3 is 12.1 Å². The summed E-state index contributed by atoms with van der Waals surface area (Å²) in [6.45, 7) is 3.86. The number of ether oxygens (including phenoxy) is 1. The fourth-order valence-corrected chi connectivity index (χ4v) is 4.35. The van der Waals surface area contributed by atoms with E-state index in [1.165, 1.54) is 12.3 Å². The number of fused-ring (bicyclic) bond motifs is 3. The van der Waals surface area contributed by atoms with Crippen LogP contribution in [-0.4, -0.2) is 40.7 Å². The third-order valence-electron chi connectivity index (χ3n) is 5.91. The van der Waals surface area contributed by atoms with Gasteiger partial charge < -0.3 is 15.2 Å². The van der Waals surface area contributed by atoms with Crippen molar-refractivity contribution in [3.8, 4) is 11.1 Å². The number of carbonyl (C=O) groups is 3. The van der Waals surface area contributed by atoms with E-state index in [0.29, 0.717) is 0 Å². The maximum absolute atomic E-state index is 12.8. The number of rotatable bonds is 8. The van der Waals surface area contributed by atoms with Crippen LogP contribution in [0, 0.1) is 5.92 Å². The molecule has 2 aromatic carbocycles. The van der Waals surface area contributed by atoms with E-state index in [-0.39, 0.29) is 36.2 Å². The molecule has 3 aromatic rings. The summed E-state index contributed by atoms with van der Waals surface area (Å²) in [5.74, 6) is -1.85. The lowest BCUT2D eigenvalue weighted by Crippen LogP contribution is -2.42. The maximum atomic E-state index is 12.8. The lowest BCUT2D eigenvalue weighted by Gasteiger charge is -2.18. The molecule has 8 nitrogen and oxygen atoms in total. The molecule has 0 radical (unpaired) electrons. The minimum atomic E-state index is -1.13. The molecule has 0 unspecified atom stereocenters. The molecule has 0 fully saturated rings. The highest BCUT2D eigenvalue weighted by atomic mass is 16.5. The molecule has 2 amide bonds. The summed E-state index contributed by atoms with van der Waals surface area (Å²) >= 11 is 0. The van der Waals surface area contributed by atoms with Crippen LogP contribution in [0.25, 0.3) is 11.1 Å². The van der Waals surface area contributed by atoms with Gasteiger partial charge in [0.1, 0.15) is 12.6 Å². The van der Waals surface area contributed by atoms with Crippen molar-refractivity contribution in [3.05, 3.63) is 83.7 Å². The van der Waals surface area contributed by atoms with Crippen LogP contribution in [0.3, 0.4) is 0 Å². The van der Waals surface area contributed by atoms with Gasteiger partial charge in [0.05, 0.1) is 5.69 Å². The van der Waals surface area contributed by atoms with Gasteiger partial charge in [0.2, 0.25) is 0 Å². The maximum Gasteiger partial charge on any atom is 0.411 e. The summed E-state index contributed by atoms with van der Waals surface area (Å²) in [7, 11) is 0. The zero-order valence-corrected chi connectivity index (χ0v) is 19.5. The predicted octanol–water partition coefficient (Wildman–Crippen LogP) is 4.67. The molecular weight excluding hydrogens is 446 g/mol. The Labute approximate surface area is 203 Å². The topological polar surface area (TPSA) is 118 Å². The molecule has 0 aliphatic heterocycles. The van der Waals surface area contributed by atoms with Gasteiger partial charge in [-0.25, -0.2) is 14.6 Å². The van der Waals surface area contributed by atoms with Gasteiger partial charge in [0, 0.05) is 12.1 Å². The van der Waals surface area contributed by atoms with Crippen molar-refractivity contribution in [1.29, 1.82) is 0 Å². The average molecular weight is 474 g/mol. The molecule has 3 N–H and O–H groups in total. The number of hydrogen-bond donors (Lipinski definition) is 3. The normalized spacial score (nSPS) is 13.0. The molecule has 0 saturated heterocycles. The predicted molar refractivity (Wildman–Crippen MR) is 131 cm³/mol. The molecule has 4 rings (SSSR count). The van der Waals surface area contributed by atoms with E-state index in [0.717, 1.165) is 22.3 Å². The van der Waals surface area contributed by atoms with Gasteiger partial charge in [-0.05, 0) is 46.7 Å². The van der Waals surface area contributed by atoms with Crippen molar-refractivity contribution in [1.82, 2.24) is 10.3 Å². The fourth-order valence-electron chi connectivity index (χ4n) is 4.35. The molecule has 0 spiro atoms. The fraction of sp³-hybridized carbons (Fsp3) is 0.259. The van der Waals surface area contributed by atoms with E-state index in [1.807, 2.05) is 50.2 Å². The van der Waals surface area contributed by atoms with Gasteiger partial charge in [0.15, 0.2) is 5.69 Å². The Morgan fingerprint density at radius 2 is 1.60 bits per heavy atom. The highest BCUT2D eigenvalue weighted by Gasteiger charge is 2.29. The molecule has 35 heavy (non-hydrogen) atoms. The van der Waals surface area contributed by atoms with E-state index < -0.39 is 24.0 Å². The number of amides is 2. The smallest absolute Gasteiger partial charge is 0.411 e. The molecule has 1 aromatic heterocycles. The first-order chi connectivity index (χ1) is 16.8. The van der Waals surface area contributed by atoms with E-state index in [2.05, 4.69) is 27.8 Å². The summed E-state index contributed by atoms with van der Waals surface area (Å²) in [6.07, 6.45) is 0.935. The second-order valence-electron chi connectivity index (χ2n) is 8.84. The number of benzene rings is 2. The summed E-state index contributed by atoms with van der Waals surface area (Å²) in [4.78, 5) is 41.0. The molecule has 1 aliphatic carbocycles. The molecule has 8 heteroatoms. The minimum absolute atomic E-state index is 0.0681. The Bertz CT molecular complexity index is 1210. The number of hydrogen-bond acceptors (Lipinski definition) is 5. The number of carboxylic acids is 1. The number of nitrogens with zero attached hydrogens (tertiary/aromatic N) is 1. The molecule has 0 bridgehead atoms. The monoisotopic (exact) mass is 473 g/mol. The second-order valence-corrected chi connectivity index (χ2v) is 8.84. The first kappa shape index (κ1) is 23.9. The van der Waals surface area contributed by atoms with Crippen molar-refractivity contribution in [2.75, 3.05) is 11.9 Å². The zero-order valence-electron chi connectivity index (χ0n) is 19.5. The average Bonchev–Trinajstić information content (AvgIpc) is 3.16. The number of anilines is 1. The second kappa shape index (κ2) is 10.4. The standard InChI is InChI=1S/C27H27N3O5/c1-16(2)14-23(26(32)33)29-25(31)24-22(12-7-13-28-24)30-27(34)35-15-21-19-10-5-3-8-17(19)18-9-4-6-11-20(18)21/h3-13,16,21,23H,14-15H2,1-2H3,(H,29,31)(H,30,34)(H,32,33)/t23-/m0/s1. The lowest BCUT2D eigenvalue weighted by molar-refractivity contribution is -0.139. The molecule has 0 saturated carbocycles. The number of nitrogens with one attached hydrogen (secondary N) is 2. The Morgan fingerprint density at radius 1 is 0.971 bits per heavy atom. The molecule has 1 aliphatic rings. The molecule has 1 atom stereocenters. The quantitative estimate of drug-likeness (QED) is 0.438. The number of carbonyl (C=O) groups excluding carboxylic acids is 2. The number of pyridine rings is 1. The summed E-state index contributed by atoms with van der Waals surface area (Å²) in [6, 6.07) is 18.1. The van der Waals surface area contributed by atoms with Crippen molar-refractivity contribution >= 4 is 23.7 Å². The molecular formula is C27H27N3O5. The van der Waals surface area contributed by atoms with Crippen LogP contribution >= 0.6 is 0 Å². The van der Waals surface area contributed by atoms with Crippen LogP contribution in [-0.2, 0) is 9.53 Å². The van der Waals surface area contributed by atoms with Gasteiger partial charge in [-0.2, -0.15) is 0 Å².